The summed E-state index contributed by atoms with van der Waals surface area (Å²) in [7, 11) is 1.80. The van der Waals surface area contributed by atoms with Crippen molar-refractivity contribution in [2.24, 2.45) is 13.0 Å². The van der Waals surface area contributed by atoms with Crippen LogP contribution in [0.15, 0.2) is 42.7 Å². The van der Waals surface area contributed by atoms with Gasteiger partial charge in [-0.25, -0.2) is 4.39 Å². The molecule has 6 rings (SSSR count). The highest BCUT2D eigenvalue weighted by molar-refractivity contribution is 6.32. The van der Waals surface area contributed by atoms with Crippen molar-refractivity contribution in [3.63, 3.8) is 0 Å². The molecule has 1 N–H and O–H groups in total. The third-order valence-corrected chi connectivity index (χ3v) is 7.56. The number of aryl methyl sites for hydroxylation is 1. The Kier molecular flexibility index (Phi) is 5.62. The SMILES string of the molecule is Cn1cnnc1C(c1cccc(N2Cc3c(Cl)cc(CNCC4CC4)cc3C2=O)c1)C1(F)COC1. The predicted molar refractivity (Wildman–Crippen MR) is 130 cm³/mol. The molecule has 0 radical (unpaired) electrons. The Labute approximate surface area is 208 Å². The highest BCUT2D eigenvalue weighted by Crippen LogP contribution is 2.43. The number of anilines is 1. The molecule has 2 aliphatic heterocycles. The Bertz CT molecular complexity index is 1290. The van der Waals surface area contributed by atoms with Crippen LogP contribution in [0.1, 0.15) is 51.6 Å². The predicted octanol–water partition coefficient (Wildman–Crippen LogP) is 4.00. The molecule has 7 nitrogen and oxygen atoms in total. The minimum atomic E-state index is -1.58. The van der Waals surface area contributed by atoms with Crippen molar-refractivity contribution in [1.29, 1.82) is 0 Å². The van der Waals surface area contributed by atoms with Crippen LogP contribution in [0.5, 0.6) is 0 Å². The van der Waals surface area contributed by atoms with Crippen molar-refractivity contribution >= 4 is 23.2 Å². The van der Waals surface area contributed by atoms with Crippen molar-refractivity contribution in [2.45, 2.75) is 37.5 Å². The zero-order valence-corrected chi connectivity index (χ0v) is 20.3. The summed E-state index contributed by atoms with van der Waals surface area (Å²) in [6.45, 7) is 2.05. The molecule has 0 spiro atoms. The number of hydrogen-bond donors (Lipinski definition) is 1. The number of amides is 1. The van der Waals surface area contributed by atoms with E-state index < -0.39 is 11.6 Å². The summed E-state index contributed by atoms with van der Waals surface area (Å²) in [6, 6.07) is 11.3. The molecule has 182 valence electrons. The van der Waals surface area contributed by atoms with Gasteiger partial charge in [0.25, 0.3) is 5.91 Å². The lowest BCUT2D eigenvalue weighted by molar-refractivity contribution is -0.139. The number of nitrogens with one attached hydrogen (secondary N) is 1. The molecule has 2 fully saturated rings. The summed E-state index contributed by atoms with van der Waals surface area (Å²) in [5.74, 6) is 0.553. The smallest absolute Gasteiger partial charge is 0.258 e. The molecule has 3 aliphatic rings. The van der Waals surface area contributed by atoms with Gasteiger partial charge in [-0.3, -0.25) is 4.79 Å². The van der Waals surface area contributed by atoms with Gasteiger partial charge in [-0.15, -0.1) is 10.2 Å². The van der Waals surface area contributed by atoms with Crippen LogP contribution in [-0.2, 0) is 24.9 Å². The number of carbonyl (C=O) groups is 1. The maximum absolute atomic E-state index is 15.7. The van der Waals surface area contributed by atoms with Crippen LogP contribution in [0.25, 0.3) is 0 Å². The Balaban J connectivity index is 1.29. The first-order valence-electron chi connectivity index (χ1n) is 12.0. The van der Waals surface area contributed by atoms with E-state index in [0.29, 0.717) is 35.2 Å². The lowest BCUT2D eigenvalue weighted by Crippen LogP contribution is -2.51. The van der Waals surface area contributed by atoms with Gasteiger partial charge < -0.3 is 19.5 Å². The number of fused-ring (bicyclic) bond motifs is 1. The third-order valence-electron chi connectivity index (χ3n) is 7.23. The Morgan fingerprint density at radius 2 is 2.11 bits per heavy atom. The molecule has 3 heterocycles. The fraction of sp³-hybridized carbons (Fsp3) is 0.423. The number of benzene rings is 2. The minimum absolute atomic E-state index is 0.00396. The van der Waals surface area contributed by atoms with Crippen LogP contribution < -0.4 is 10.2 Å². The molecule has 1 amide bonds. The average Bonchev–Trinajstić information content (AvgIpc) is 3.46. The normalized spacial score (nSPS) is 19.5. The summed E-state index contributed by atoms with van der Waals surface area (Å²) in [5.41, 5.74) is 2.30. The van der Waals surface area contributed by atoms with Gasteiger partial charge in [-0.1, -0.05) is 23.7 Å². The third kappa shape index (κ3) is 4.13. The van der Waals surface area contributed by atoms with E-state index in [0.717, 1.165) is 29.2 Å². The fourth-order valence-corrected chi connectivity index (χ4v) is 5.34. The lowest BCUT2D eigenvalue weighted by atomic mass is 9.81. The van der Waals surface area contributed by atoms with Gasteiger partial charge in [0.1, 0.15) is 12.2 Å². The van der Waals surface area contributed by atoms with Gasteiger partial charge >= 0.3 is 0 Å². The molecule has 2 aromatic carbocycles. The maximum Gasteiger partial charge on any atom is 0.258 e. The molecular formula is C26H27ClFN5O2. The Morgan fingerprint density at radius 3 is 2.80 bits per heavy atom. The standard InChI is InChI=1S/C26H27ClFN5O2/c1-32-15-30-31-24(32)23(26(28)13-35-14-26)18-3-2-4-19(9-18)33-12-21-20(25(33)34)7-17(8-22(21)27)11-29-10-16-5-6-16/h2-4,7-9,15-16,23,29H,5-6,10-14H2,1H3. The first kappa shape index (κ1) is 22.6. The summed E-state index contributed by atoms with van der Waals surface area (Å²) in [6.07, 6.45) is 4.14. The molecule has 1 saturated carbocycles. The topological polar surface area (TPSA) is 72.3 Å². The first-order chi connectivity index (χ1) is 16.9. The van der Waals surface area contributed by atoms with Crippen LogP contribution in [0, 0.1) is 5.92 Å². The van der Waals surface area contributed by atoms with Crippen molar-refractivity contribution in [3.8, 4) is 0 Å². The second-order valence-electron chi connectivity index (χ2n) is 9.92. The van der Waals surface area contributed by atoms with E-state index in [2.05, 4.69) is 15.5 Å². The molecule has 1 saturated heterocycles. The second kappa shape index (κ2) is 8.69. The van der Waals surface area contributed by atoms with Crippen LogP contribution in [-0.4, -0.2) is 46.1 Å². The Hall–Kier alpha value is -2.81. The summed E-state index contributed by atoms with van der Waals surface area (Å²) in [4.78, 5) is 15.2. The highest BCUT2D eigenvalue weighted by atomic mass is 35.5. The minimum Gasteiger partial charge on any atom is -0.375 e. The van der Waals surface area contributed by atoms with E-state index in [9.17, 15) is 4.79 Å². The Morgan fingerprint density at radius 1 is 1.29 bits per heavy atom. The monoisotopic (exact) mass is 495 g/mol. The molecule has 3 aromatic rings. The molecule has 1 unspecified atom stereocenters. The molecule has 35 heavy (non-hydrogen) atoms. The van der Waals surface area contributed by atoms with Crippen LogP contribution in [0.2, 0.25) is 5.02 Å². The van der Waals surface area contributed by atoms with E-state index in [-0.39, 0.29) is 19.1 Å². The lowest BCUT2D eigenvalue weighted by Gasteiger charge is -2.40. The largest absolute Gasteiger partial charge is 0.375 e. The molecule has 9 heteroatoms. The van der Waals surface area contributed by atoms with Crippen LogP contribution in [0.3, 0.4) is 0 Å². The number of aromatic nitrogens is 3. The number of hydrogen-bond acceptors (Lipinski definition) is 5. The molecular weight excluding hydrogens is 469 g/mol. The quantitative estimate of drug-likeness (QED) is 0.511. The van der Waals surface area contributed by atoms with Crippen molar-refractivity contribution in [2.75, 3.05) is 24.7 Å². The van der Waals surface area contributed by atoms with Gasteiger partial charge in [0.15, 0.2) is 5.67 Å². The number of rotatable bonds is 8. The second-order valence-corrected chi connectivity index (χ2v) is 10.3. The van der Waals surface area contributed by atoms with Gasteiger partial charge in [-0.05, 0) is 60.7 Å². The van der Waals surface area contributed by atoms with E-state index in [1.54, 1.807) is 22.8 Å². The van der Waals surface area contributed by atoms with E-state index in [1.165, 1.54) is 12.8 Å². The van der Waals surface area contributed by atoms with Crippen LogP contribution >= 0.6 is 11.6 Å². The molecule has 0 bridgehead atoms. The van der Waals surface area contributed by atoms with Crippen molar-refractivity contribution in [1.82, 2.24) is 20.1 Å². The molecule has 1 atom stereocenters. The van der Waals surface area contributed by atoms with Crippen molar-refractivity contribution in [3.05, 3.63) is 75.8 Å². The van der Waals surface area contributed by atoms with Gasteiger partial charge in [0, 0.05) is 35.4 Å². The number of alkyl halides is 1. The first-order valence-corrected chi connectivity index (χ1v) is 12.3. The van der Waals surface area contributed by atoms with E-state index in [4.69, 9.17) is 16.3 Å². The fourth-order valence-electron chi connectivity index (χ4n) is 5.04. The van der Waals surface area contributed by atoms with Gasteiger partial charge in [-0.2, -0.15) is 0 Å². The molecule has 1 aromatic heterocycles. The van der Waals surface area contributed by atoms with Crippen molar-refractivity contribution < 1.29 is 13.9 Å². The van der Waals surface area contributed by atoms with Crippen LogP contribution in [0.4, 0.5) is 10.1 Å². The van der Waals surface area contributed by atoms with Gasteiger partial charge in [0.05, 0.1) is 25.7 Å². The van der Waals surface area contributed by atoms with Gasteiger partial charge in [0.2, 0.25) is 0 Å². The summed E-state index contributed by atoms with van der Waals surface area (Å²) >= 11 is 6.61. The number of ether oxygens (including phenoxy) is 1. The zero-order chi connectivity index (χ0) is 24.2. The zero-order valence-electron chi connectivity index (χ0n) is 19.5. The summed E-state index contributed by atoms with van der Waals surface area (Å²) < 4.78 is 22.7. The number of nitrogens with zero attached hydrogens (tertiary/aromatic N) is 4. The molecule has 1 aliphatic carbocycles. The summed E-state index contributed by atoms with van der Waals surface area (Å²) in [5, 5.41) is 12.2. The van der Waals surface area contributed by atoms with E-state index in [1.807, 2.05) is 36.4 Å². The maximum atomic E-state index is 15.7. The average molecular weight is 496 g/mol. The van der Waals surface area contributed by atoms with E-state index >= 15 is 4.39 Å². The highest BCUT2D eigenvalue weighted by Gasteiger charge is 2.50. The number of halogens is 2. The number of carbonyl (C=O) groups excluding carboxylic acids is 1.